The van der Waals surface area contributed by atoms with E-state index in [0.29, 0.717) is 6.54 Å². The van der Waals surface area contributed by atoms with Gasteiger partial charge in [0, 0.05) is 12.6 Å². The lowest BCUT2D eigenvalue weighted by atomic mass is 10.1. The molecule has 0 aromatic heterocycles. The van der Waals surface area contributed by atoms with Crippen molar-refractivity contribution >= 4 is 0 Å². The summed E-state index contributed by atoms with van der Waals surface area (Å²) in [6.07, 6.45) is -0.621. The summed E-state index contributed by atoms with van der Waals surface area (Å²) < 4.78 is 37.7. The summed E-state index contributed by atoms with van der Waals surface area (Å²) >= 11 is 0. The first kappa shape index (κ1) is 15.8. The van der Waals surface area contributed by atoms with Gasteiger partial charge >= 0.3 is 6.18 Å². The van der Waals surface area contributed by atoms with Crippen molar-refractivity contribution in [2.75, 3.05) is 26.2 Å². The van der Waals surface area contributed by atoms with E-state index in [9.17, 15) is 13.2 Å². The fraction of sp³-hybridized carbons (Fsp3) is 1.00. The van der Waals surface area contributed by atoms with E-state index >= 15 is 0 Å². The zero-order chi connectivity index (χ0) is 13.6. The number of halogens is 3. The predicted octanol–water partition coefficient (Wildman–Crippen LogP) is 3.04. The predicted molar refractivity (Wildman–Crippen MR) is 67.6 cm³/mol. The van der Waals surface area contributed by atoms with Gasteiger partial charge in [0.2, 0.25) is 0 Å². The number of hydrogen-bond donors (Lipinski definition) is 1. The van der Waals surface area contributed by atoms with Crippen LogP contribution in [0.1, 0.15) is 39.5 Å². The Balaban J connectivity index is 2.17. The quantitative estimate of drug-likeness (QED) is 0.713. The summed E-state index contributed by atoms with van der Waals surface area (Å²) in [7, 11) is 0. The third-order valence-electron chi connectivity index (χ3n) is 3.71. The highest BCUT2D eigenvalue weighted by Crippen LogP contribution is 2.34. The number of rotatable bonds is 7. The normalized spacial score (nSPS) is 23.5. The van der Waals surface area contributed by atoms with Crippen LogP contribution in [-0.4, -0.2) is 43.3 Å². The van der Waals surface area contributed by atoms with Crippen LogP contribution >= 0.6 is 0 Å². The molecule has 5 heteroatoms. The Kier molecular flexibility index (Phi) is 6.43. The Morgan fingerprint density at radius 1 is 1.33 bits per heavy atom. The van der Waals surface area contributed by atoms with Crippen LogP contribution in [-0.2, 0) is 0 Å². The molecule has 2 unspecified atom stereocenters. The van der Waals surface area contributed by atoms with Crippen molar-refractivity contribution < 1.29 is 13.2 Å². The maximum atomic E-state index is 12.6. The lowest BCUT2D eigenvalue weighted by Crippen LogP contribution is -2.34. The Morgan fingerprint density at radius 2 is 2.06 bits per heavy atom. The second-order valence-corrected chi connectivity index (χ2v) is 5.26. The van der Waals surface area contributed by atoms with Gasteiger partial charge in [0.05, 0.1) is 5.92 Å². The van der Waals surface area contributed by atoms with E-state index in [-0.39, 0.29) is 19.0 Å². The summed E-state index contributed by atoms with van der Waals surface area (Å²) in [6, 6.07) is 0.265. The molecule has 0 radical (unpaired) electrons. The molecular weight excluding hydrogens is 241 g/mol. The minimum atomic E-state index is -4.02. The fourth-order valence-corrected chi connectivity index (χ4v) is 2.46. The van der Waals surface area contributed by atoms with Crippen LogP contribution in [0.5, 0.6) is 0 Å². The minimum absolute atomic E-state index is 0.188. The number of hydrogen-bond acceptors (Lipinski definition) is 2. The van der Waals surface area contributed by atoms with Gasteiger partial charge in [-0.2, -0.15) is 13.2 Å². The average Bonchev–Trinajstić information content (AvgIpc) is 2.77. The van der Waals surface area contributed by atoms with E-state index in [4.69, 9.17) is 0 Å². The van der Waals surface area contributed by atoms with Gasteiger partial charge in [-0.15, -0.1) is 0 Å². The van der Waals surface area contributed by atoms with Crippen molar-refractivity contribution in [2.24, 2.45) is 5.92 Å². The van der Waals surface area contributed by atoms with Crippen molar-refractivity contribution in [3.05, 3.63) is 0 Å². The van der Waals surface area contributed by atoms with E-state index in [1.165, 1.54) is 0 Å². The van der Waals surface area contributed by atoms with Crippen molar-refractivity contribution in [3.8, 4) is 0 Å². The molecule has 1 aliphatic heterocycles. The standard InChI is InChI=1S/C13H25F3N2/c1-3-7-17-8-4-5-11(2)18-9-6-12(10-18)13(14,15)16/h11-12,17H,3-10H2,1-2H3. The Hall–Kier alpha value is -0.290. The van der Waals surface area contributed by atoms with E-state index in [0.717, 1.165) is 32.4 Å². The summed E-state index contributed by atoms with van der Waals surface area (Å²) in [6.45, 7) is 6.93. The fourth-order valence-electron chi connectivity index (χ4n) is 2.46. The van der Waals surface area contributed by atoms with Crippen LogP contribution in [0.25, 0.3) is 0 Å². The third-order valence-corrected chi connectivity index (χ3v) is 3.71. The zero-order valence-corrected chi connectivity index (χ0v) is 11.4. The van der Waals surface area contributed by atoms with Gasteiger partial charge in [-0.25, -0.2) is 0 Å². The molecule has 18 heavy (non-hydrogen) atoms. The number of nitrogens with zero attached hydrogens (tertiary/aromatic N) is 1. The van der Waals surface area contributed by atoms with Gasteiger partial charge in [0.1, 0.15) is 0 Å². The first-order chi connectivity index (χ1) is 8.45. The maximum absolute atomic E-state index is 12.6. The molecule has 0 amide bonds. The van der Waals surface area contributed by atoms with Crippen molar-refractivity contribution in [1.29, 1.82) is 0 Å². The smallest absolute Gasteiger partial charge is 0.317 e. The molecule has 0 aromatic carbocycles. The van der Waals surface area contributed by atoms with Crippen LogP contribution in [0.15, 0.2) is 0 Å². The van der Waals surface area contributed by atoms with Crippen molar-refractivity contribution in [2.45, 2.75) is 51.7 Å². The molecule has 108 valence electrons. The number of nitrogens with one attached hydrogen (secondary N) is 1. The molecule has 0 saturated carbocycles. The third kappa shape index (κ3) is 5.14. The zero-order valence-electron chi connectivity index (χ0n) is 11.4. The van der Waals surface area contributed by atoms with Gasteiger partial charge in [-0.3, -0.25) is 0 Å². The lowest BCUT2D eigenvalue weighted by molar-refractivity contribution is -0.170. The SMILES string of the molecule is CCCNCCCC(C)N1CCC(C(F)(F)F)C1. The van der Waals surface area contributed by atoms with E-state index in [1.807, 2.05) is 11.8 Å². The van der Waals surface area contributed by atoms with Crippen molar-refractivity contribution in [3.63, 3.8) is 0 Å². The van der Waals surface area contributed by atoms with Crippen LogP contribution < -0.4 is 5.32 Å². The van der Waals surface area contributed by atoms with Gasteiger partial charge < -0.3 is 10.2 Å². The highest BCUT2D eigenvalue weighted by atomic mass is 19.4. The molecule has 1 aliphatic rings. The summed E-state index contributed by atoms with van der Waals surface area (Å²) in [4.78, 5) is 1.98. The lowest BCUT2D eigenvalue weighted by Gasteiger charge is -2.24. The van der Waals surface area contributed by atoms with E-state index in [2.05, 4.69) is 12.2 Å². The summed E-state index contributed by atoms with van der Waals surface area (Å²) in [5.41, 5.74) is 0. The molecule has 1 heterocycles. The van der Waals surface area contributed by atoms with Crippen molar-refractivity contribution in [1.82, 2.24) is 10.2 Å². The number of alkyl halides is 3. The van der Waals surface area contributed by atoms with Gasteiger partial charge in [-0.05, 0) is 52.2 Å². The topological polar surface area (TPSA) is 15.3 Å². The average molecular weight is 266 g/mol. The molecular formula is C13H25F3N2. The first-order valence-corrected chi connectivity index (χ1v) is 6.96. The maximum Gasteiger partial charge on any atom is 0.393 e. The molecule has 0 bridgehead atoms. The van der Waals surface area contributed by atoms with Gasteiger partial charge in [-0.1, -0.05) is 6.92 Å². The Morgan fingerprint density at radius 3 is 2.61 bits per heavy atom. The molecule has 1 N–H and O–H groups in total. The molecule has 1 saturated heterocycles. The number of likely N-dealkylation sites (tertiary alicyclic amines) is 1. The largest absolute Gasteiger partial charge is 0.393 e. The van der Waals surface area contributed by atoms with Crippen LogP contribution in [0.4, 0.5) is 13.2 Å². The Labute approximate surface area is 108 Å². The van der Waals surface area contributed by atoms with E-state index < -0.39 is 12.1 Å². The Bertz CT molecular complexity index is 231. The summed E-state index contributed by atoms with van der Waals surface area (Å²) in [5.74, 6) is -1.11. The second kappa shape index (κ2) is 7.34. The summed E-state index contributed by atoms with van der Waals surface area (Å²) in [5, 5.41) is 3.32. The molecule has 1 fully saturated rings. The molecule has 1 rings (SSSR count). The first-order valence-electron chi connectivity index (χ1n) is 6.96. The van der Waals surface area contributed by atoms with Gasteiger partial charge in [0.15, 0.2) is 0 Å². The highest BCUT2D eigenvalue weighted by Gasteiger charge is 2.44. The highest BCUT2D eigenvalue weighted by molar-refractivity contribution is 4.83. The van der Waals surface area contributed by atoms with Crippen LogP contribution in [0, 0.1) is 5.92 Å². The van der Waals surface area contributed by atoms with Crippen LogP contribution in [0.3, 0.4) is 0 Å². The molecule has 2 nitrogen and oxygen atoms in total. The molecule has 0 aromatic rings. The van der Waals surface area contributed by atoms with E-state index in [1.54, 1.807) is 0 Å². The molecule has 0 aliphatic carbocycles. The monoisotopic (exact) mass is 266 g/mol. The van der Waals surface area contributed by atoms with Crippen LogP contribution in [0.2, 0.25) is 0 Å². The second-order valence-electron chi connectivity index (χ2n) is 5.26. The molecule has 2 atom stereocenters. The minimum Gasteiger partial charge on any atom is -0.317 e. The molecule has 0 spiro atoms. The van der Waals surface area contributed by atoms with Gasteiger partial charge in [0.25, 0.3) is 0 Å².